The number of rotatable bonds is 11. The van der Waals surface area contributed by atoms with Gasteiger partial charge in [0.05, 0.1) is 11.9 Å². The molecule has 1 N–H and O–H groups in total. The number of anilines is 1. The molecule has 0 unspecified atom stereocenters. The Morgan fingerprint density at radius 1 is 1.03 bits per heavy atom. The Kier molecular flexibility index (Phi) is 10.6. The van der Waals surface area contributed by atoms with E-state index in [-0.39, 0.29) is 18.4 Å². The van der Waals surface area contributed by atoms with E-state index in [1.54, 1.807) is 37.3 Å². The van der Waals surface area contributed by atoms with Crippen LogP contribution in [0, 0.1) is 19.8 Å². The molecule has 0 aliphatic carbocycles. The summed E-state index contributed by atoms with van der Waals surface area (Å²) in [6.07, 6.45) is 1.38. The molecule has 0 aliphatic heterocycles. The first-order chi connectivity index (χ1) is 16.8. The maximum Gasteiger partial charge on any atom is 0.244 e. The summed E-state index contributed by atoms with van der Waals surface area (Å²) in [4.78, 5) is 28.3. The highest BCUT2D eigenvalue weighted by molar-refractivity contribution is 7.92. The first-order valence-electron chi connectivity index (χ1n) is 11.8. The summed E-state index contributed by atoms with van der Waals surface area (Å²) in [6.45, 7) is 9.36. The van der Waals surface area contributed by atoms with E-state index in [1.807, 2.05) is 33.8 Å². The SMILES string of the molecule is CC[C@@H](C(=O)NCC(C)C)N(Cc1c(Cl)cccc1Cl)C(=O)CN(c1cccc(C)c1C)S(C)(=O)=O. The maximum atomic E-state index is 13.8. The van der Waals surface area contributed by atoms with Crippen molar-refractivity contribution in [1.29, 1.82) is 0 Å². The van der Waals surface area contributed by atoms with Crippen LogP contribution < -0.4 is 9.62 Å². The topological polar surface area (TPSA) is 86.8 Å². The Morgan fingerprint density at radius 2 is 1.61 bits per heavy atom. The summed E-state index contributed by atoms with van der Waals surface area (Å²) < 4.78 is 26.7. The third-order valence-corrected chi connectivity index (χ3v) is 7.82. The molecule has 0 fully saturated rings. The summed E-state index contributed by atoms with van der Waals surface area (Å²) in [7, 11) is -3.82. The van der Waals surface area contributed by atoms with Gasteiger partial charge in [-0.25, -0.2) is 8.42 Å². The number of nitrogens with zero attached hydrogens (tertiary/aromatic N) is 2. The number of aryl methyl sites for hydroxylation is 1. The molecule has 0 saturated heterocycles. The van der Waals surface area contributed by atoms with Gasteiger partial charge in [-0.1, -0.05) is 62.2 Å². The molecular weight excluding hydrogens is 521 g/mol. The molecule has 198 valence electrons. The number of hydrogen-bond donors (Lipinski definition) is 1. The second kappa shape index (κ2) is 12.8. The molecule has 36 heavy (non-hydrogen) atoms. The summed E-state index contributed by atoms with van der Waals surface area (Å²) in [6, 6.07) is 9.45. The second-order valence-electron chi connectivity index (χ2n) is 9.27. The lowest BCUT2D eigenvalue weighted by atomic mass is 10.1. The molecule has 1 atom stereocenters. The zero-order chi connectivity index (χ0) is 27.2. The monoisotopic (exact) mass is 555 g/mol. The largest absolute Gasteiger partial charge is 0.354 e. The van der Waals surface area contributed by atoms with Gasteiger partial charge in [0.2, 0.25) is 21.8 Å². The predicted molar refractivity (Wildman–Crippen MR) is 147 cm³/mol. The van der Waals surface area contributed by atoms with Crippen molar-refractivity contribution in [3.8, 4) is 0 Å². The number of benzene rings is 2. The highest BCUT2D eigenvalue weighted by Gasteiger charge is 2.33. The Labute approximate surface area is 224 Å². The van der Waals surface area contributed by atoms with E-state index in [4.69, 9.17) is 23.2 Å². The van der Waals surface area contributed by atoms with Crippen molar-refractivity contribution in [2.75, 3.05) is 23.7 Å². The van der Waals surface area contributed by atoms with Crippen LogP contribution in [0.1, 0.15) is 43.9 Å². The number of hydrogen-bond acceptors (Lipinski definition) is 4. The molecular formula is C26H35Cl2N3O4S. The minimum absolute atomic E-state index is 0.0463. The van der Waals surface area contributed by atoms with Crippen LogP contribution in [-0.4, -0.2) is 50.5 Å². The average molecular weight is 557 g/mol. The predicted octanol–water partition coefficient (Wildman–Crippen LogP) is 4.96. The van der Waals surface area contributed by atoms with Crippen LogP contribution in [0.25, 0.3) is 0 Å². The van der Waals surface area contributed by atoms with E-state index in [2.05, 4.69) is 5.32 Å². The zero-order valence-corrected chi connectivity index (χ0v) is 24.0. The molecule has 10 heteroatoms. The third kappa shape index (κ3) is 7.60. The van der Waals surface area contributed by atoms with E-state index in [1.165, 1.54) is 4.90 Å². The Morgan fingerprint density at radius 3 is 2.14 bits per heavy atom. The van der Waals surface area contributed by atoms with Gasteiger partial charge in [0.25, 0.3) is 0 Å². The lowest BCUT2D eigenvalue weighted by Crippen LogP contribution is -2.52. The summed E-state index contributed by atoms with van der Waals surface area (Å²) in [5, 5.41) is 3.59. The third-order valence-electron chi connectivity index (χ3n) is 5.98. The van der Waals surface area contributed by atoms with E-state index in [0.717, 1.165) is 21.7 Å². The van der Waals surface area contributed by atoms with Gasteiger partial charge in [0.1, 0.15) is 12.6 Å². The Bertz CT molecular complexity index is 1180. The molecule has 0 radical (unpaired) electrons. The Balaban J connectivity index is 2.53. The number of nitrogens with one attached hydrogen (secondary N) is 1. The number of halogens is 2. The number of carbonyl (C=O) groups is 2. The molecule has 0 spiro atoms. The van der Waals surface area contributed by atoms with Crippen LogP contribution in [-0.2, 0) is 26.2 Å². The first kappa shape index (κ1) is 29.9. The zero-order valence-electron chi connectivity index (χ0n) is 21.6. The van der Waals surface area contributed by atoms with Gasteiger partial charge in [-0.15, -0.1) is 0 Å². The number of carbonyl (C=O) groups excluding carboxylic acids is 2. The number of amides is 2. The molecule has 2 aromatic carbocycles. The standard InChI is InChI=1S/C26H35Cl2N3O4S/c1-7-23(26(33)29-14-17(2)3)30(15-20-21(27)11-9-12-22(20)28)25(32)16-31(36(6,34)35)24-13-8-10-18(4)19(24)5/h8-13,17,23H,7,14-16H2,1-6H3,(H,29,33)/t23-/m0/s1. The van der Waals surface area contributed by atoms with E-state index >= 15 is 0 Å². The smallest absolute Gasteiger partial charge is 0.244 e. The Hall–Kier alpha value is -2.29. The van der Waals surface area contributed by atoms with Gasteiger partial charge in [0, 0.05) is 28.7 Å². The van der Waals surface area contributed by atoms with Crippen LogP contribution >= 0.6 is 23.2 Å². The summed E-state index contributed by atoms with van der Waals surface area (Å²) in [5.74, 6) is -0.636. The highest BCUT2D eigenvalue weighted by atomic mass is 35.5. The van der Waals surface area contributed by atoms with Crippen molar-refractivity contribution in [3.63, 3.8) is 0 Å². The van der Waals surface area contributed by atoms with Crippen LogP contribution in [0.15, 0.2) is 36.4 Å². The van der Waals surface area contributed by atoms with Crippen molar-refractivity contribution >= 4 is 50.7 Å². The summed E-state index contributed by atoms with van der Waals surface area (Å²) in [5.41, 5.74) is 2.55. The van der Waals surface area contributed by atoms with Crippen molar-refractivity contribution in [2.24, 2.45) is 5.92 Å². The van der Waals surface area contributed by atoms with Gasteiger partial charge in [-0.05, 0) is 55.5 Å². The van der Waals surface area contributed by atoms with Crippen LogP contribution in [0.4, 0.5) is 5.69 Å². The molecule has 2 aromatic rings. The van der Waals surface area contributed by atoms with Crippen molar-refractivity contribution in [1.82, 2.24) is 10.2 Å². The van der Waals surface area contributed by atoms with Gasteiger partial charge >= 0.3 is 0 Å². The van der Waals surface area contributed by atoms with Crippen molar-refractivity contribution < 1.29 is 18.0 Å². The van der Waals surface area contributed by atoms with Crippen molar-refractivity contribution in [3.05, 3.63) is 63.1 Å². The molecule has 2 amide bonds. The molecule has 0 aromatic heterocycles. The minimum Gasteiger partial charge on any atom is -0.354 e. The second-order valence-corrected chi connectivity index (χ2v) is 12.0. The van der Waals surface area contributed by atoms with E-state index < -0.39 is 28.5 Å². The van der Waals surface area contributed by atoms with Gasteiger partial charge in [-0.2, -0.15) is 0 Å². The maximum absolute atomic E-state index is 13.8. The first-order valence-corrected chi connectivity index (χ1v) is 14.4. The fourth-order valence-corrected chi connectivity index (χ4v) is 5.21. The fraction of sp³-hybridized carbons (Fsp3) is 0.462. The molecule has 0 bridgehead atoms. The normalized spacial score (nSPS) is 12.4. The quantitative estimate of drug-likeness (QED) is 0.424. The van der Waals surface area contributed by atoms with Crippen LogP contribution in [0.2, 0.25) is 10.0 Å². The van der Waals surface area contributed by atoms with Crippen molar-refractivity contribution in [2.45, 2.75) is 53.6 Å². The molecule has 0 aliphatic rings. The number of sulfonamides is 1. The minimum atomic E-state index is -3.82. The van der Waals surface area contributed by atoms with E-state index in [9.17, 15) is 18.0 Å². The molecule has 0 saturated carbocycles. The van der Waals surface area contributed by atoms with Gasteiger partial charge < -0.3 is 10.2 Å². The lowest BCUT2D eigenvalue weighted by molar-refractivity contribution is -0.140. The van der Waals surface area contributed by atoms with E-state index in [0.29, 0.717) is 34.3 Å². The van der Waals surface area contributed by atoms with Gasteiger partial charge in [0.15, 0.2) is 0 Å². The fourth-order valence-electron chi connectivity index (χ4n) is 3.80. The molecule has 7 nitrogen and oxygen atoms in total. The average Bonchev–Trinajstić information content (AvgIpc) is 2.79. The van der Waals surface area contributed by atoms with Gasteiger partial charge in [-0.3, -0.25) is 13.9 Å². The summed E-state index contributed by atoms with van der Waals surface area (Å²) >= 11 is 12.8. The molecule has 0 heterocycles. The lowest BCUT2D eigenvalue weighted by Gasteiger charge is -2.33. The molecule has 2 rings (SSSR count). The van der Waals surface area contributed by atoms with Crippen LogP contribution in [0.3, 0.4) is 0 Å². The highest BCUT2D eigenvalue weighted by Crippen LogP contribution is 2.29. The van der Waals surface area contributed by atoms with Crippen LogP contribution in [0.5, 0.6) is 0 Å².